The highest BCUT2D eigenvalue weighted by molar-refractivity contribution is 5.87. The third-order valence-electron chi connectivity index (χ3n) is 6.27. The minimum Gasteiger partial charge on any atom is -0.356 e. The summed E-state index contributed by atoms with van der Waals surface area (Å²) in [7, 11) is 2.20. The van der Waals surface area contributed by atoms with Gasteiger partial charge in [-0.15, -0.1) is 0 Å². The van der Waals surface area contributed by atoms with Gasteiger partial charge in [-0.25, -0.2) is 9.97 Å². The number of hydrogen-bond donors (Lipinski definition) is 1. The fourth-order valence-corrected chi connectivity index (χ4v) is 4.96. The Hall–Kier alpha value is -2.40. The van der Waals surface area contributed by atoms with E-state index in [4.69, 9.17) is 0 Å². The van der Waals surface area contributed by atoms with Crippen molar-refractivity contribution in [1.29, 1.82) is 0 Å². The van der Waals surface area contributed by atoms with Gasteiger partial charge in [0, 0.05) is 38.9 Å². The molecule has 1 aliphatic heterocycles. The molecule has 2 fully saturated rings. The monoisotopic (exact) mass is 347 g/mol. The summed E-state index contributed by atoms with van der Waals surface area (Å²) in [5.74, 6) is 2.69. The van der Waals surface area contributed by atoms with Crippen LogP contribution in [0.1, 0.15) is 18.4 Å². The van der Waals surface area contributed by atoms with Crippen molar-refractivity contribution in [1.82, 2.24) is 19.9 Å². The molecule has 0 amide bonds. The molecule has 2 unspecified atom stereocenters. The van der Waals surface area contributed by atoms with Gasteiger partial charge in [-0.05, 0) is 36.3 Å². The summed E-state index contributed by atoms with van der Waals surface area (Å²) in [6, 6.07) is 13.5. The predicted octanol–water partition coefficient (Wildman–Crippen LogP) is 3.30. The third kappa shape index (κ3) is 2.76. The number of nitrogens with zero attached hydrogens (tertiary/aromatic N) is 4. The van der Waals surface area contributed by atoms with Crippen LogP contribution in [0.3, 0.4) is 0 Å². The van der Waals surface area contributed by atoms with E-state index >= 15 is 0 Å². The topological polar surface area (TPSA) is 48.1 Å². The van der Waals surface area contributed by atoms with E-state index in [0.717, 1.165) is 35.2 Å². The largest absolute Gasteiger partial charge is 0.356 e. The fourth-order valence-electron chi connectivity index (χ4n) is 4.96. The van der Waals surface area contributed by atoms with Gasteiger partial charge >= 0.3 is 0 Å². The maximum Gasteiger partial charge on any atom is 0.142 e. The third-order valence-corrected chi connectivity index (χ3v) is 6.27. The average Bonchev–Trinajstić information content (AvgIpc) is 3.35. The molecule has 1 saturated carbocycles. The molecule has 2 aliphatic rings. The molecule has 3 heterocycles. The van der Waals surface area contributed by atoms with E-state index in [9.17, 15) is 0 Å². The molecular weight excluding hydrogens is 322 g/mol. The van der Waals surface area contributed by atoms with Crippen LogP contribution in [0.15, 0.2) is 48.9 Å². The van der Waals surface area contributed by atoms with Gasteiger partial charge in [-0.1, -0.05) is 30.3 Å². The molecule has 1 saturated heterocycles. The first-order valence-corrected chi connectivity index (χ1v) is 9.55. The second-order valence-electron chi connectivity index (χ2n) is 7.87. The lowest BCUT2D eigenvalue weighted by Gasteiger charge is -2.28. The normalized spacial score (nSPS) is 25.7. The zero-order chi connectivity index (χ0) is 17.5. The van der Waals surface area contributed by atoms with Gasteiger partial charge in [0.15, 0.2) is 0 Å². The van der Waals surface area contributed by atoms with Gasteiger partial charge in [0.1, 0.15) is 17.8 Å². The quantitative estimate of drug-likeness (QED) is 0.787. The van der Waals surface area contributed by atoms with Gasteiger partial charge in [-0.3, -0.25) is 4.90 Å². The van der Waals surface area contributed by atoms with Gasteiger partial charge in [0.05, 0.1) is 5.39 Å². The lowest BCUT2D eigenvalue weighted by atomic mass is 10.0. The lowest BCUT2D eigenvalue weighted by Crippen LogP contribution is -2.32. The Kier molecular flexibility index (Phi) is 3.89. The van der Waals surface area contributed by atoms with Crippen LogP contribution in [0.2, 0.25) is 0 Å². The van der Waals surface area contributed by atoms with Crippen molar-refractivity contribution in [2.45, 2.75) is 25.4 Å². The van der Waals surface area contributed by atoms with Crippen LogP contribution in [0.25, 0.3) is 11.0 Å². The SMILES string of the molecule is CN(c1ncnc2[nH]ccc12)C1CC2CN(Cc3ccccc3)C[C@@H]2C1. The van der Waals surface area contributed by atoms with E-state index in [2.05, 4.69) is 68.2 Å². The molecular formula is C21H25N5. The number of aromatic amines is 1. The Labute approximate surface area is 154 Å². The first kappa shape index (κ1) is 15.8. The first-order valence-electron chi connectivity index (χ1n) is 9.55. The zero-order valence-corrected chi connectivity index (χ0v) is 15.2. The summed E-state index contributed by atoms with van der Waals surface area (Å²) in [6.07, 6.45) is 6.15. The van der Waals surface area contributed by atoms with Crippen molar-refractivity contribution in [2.75, 3.05) is 25.0 Å². The highest BCUT2D eigenvalue weighted by atomic mass is 15.2. The number of hydrogen-bond acceptors (Lipinski definition) is 4. The number of rotatable bonds is 4. The van der Waals surface area contributed by atoms with Gasteiger partial charge in [0.2, 0.25) is 0 Å². The van der Waals surface area contributed by atoms with Crippen molar-refractivity contribution in [2.24, 2.45) is 11.8 Å². The molecule has 2 aromatic heterocycles. The number of aromatic nitrogens is 3. The fraction of sp³-hybridized carbons (Fsp3) is 0.429. The van der Waals surface area contributed by atoms with E-state index < -0.39 is 0 Å². The predicted molar refractivity (Wildman–Crippen MR) is 104 cm³/mol. The van der Waals surface area contributed by atoms with Gasteiger partial charge < -0.3 is 9.88 Å². The molecule has 5 heteroatoms. The van der Waals surface area contributed by atoms with E-state index in [-0.39, 0.29) is 0 Å². The van der Waals surface area contributed by atoms with Gasteiger partial charge in [0.25, 0.3) is 0 Å². The Balaban J connectivity index is 1.26. The van der Waals surface area contributed by atoms with E-state index in [1.54, 1.807) is 6.33 Å². The maximum atomic E-state index is 4.57. The zero-order valence-electron chi connectivity index (χ0n) is 15.2. The summed E-state index contributed by atoms with van der Waals surface area (Å²) in [6.45, 7) is 3.55. The number of likely N-dealkylation sites (tertiary alicyclic amines) is 1. The second-order valence-corrected chi connectivity index (χ2v) is 7.87. The highest BCUT2D eigenvalue weighted by Gasteiger charge is 2.42. The molecule has 0 spiro atoms. The Bertz CT molecular complexity index is 876. The maximum absolute atomic E-state index is 4.57. The van der Waals surface area contributed by atoms with Crippen LogP contribution in [-0.4, -0.2) is 46.0 Å². The lowest BCUT2D eigenvalue weighted by molar-refractivity contribution is 0.298. The summed E-state index contributed by atoms with van der Waals surface area (Å²) >= 11 is 0. The molecule has 1 aliphatic carbocycles. The van der Waals surface area contributed by atoms with Gasteiger partial charge in [-0.2, -0.15) is 0 Å². The smallest absolute Gasteiger partial charge is 0.142 e. The van der Waals surface area contributed by atoms with Crippen LogP contribution < -0.4 is 4.90 Å². The van der Waals surface area contributed by atoms with Crippen molar-refractivity contribution < 1.29 is 0 Å². The number of benzene rings is 1. The first-order chi connectivity index (χ1) is 12.8. The molecule has 0 radical (unpaired) electrons. The molecule has 3 atom stereocenters. The summed E-state index contributed by atoms with van der Waals surface area (Å²) in [4.78, 5) is 17.1. The molecule has 5 nitrogen and oxygen atoms in total. The second kappa shape index (κ2) is 6.40. The molecule has 1 aromatic carbocycles. The van der Waals surface area contributed by atoms with Crippen molar-refractivity contribution in [3.8, 4) is 0 Å². The number of anilines is 1. The molecule has 0 bridgehead atoms. The number of nitrogens with one attached hydrogen (secondary N) is 1. The average molecular weight is 347 g/mol. The Morgan fingerprint density at radius 1 is 1.08 bits per heavy atom. The molecule has 1 N–H and O–H groups in total. The minimum absolute atomic E-state index is 0.580. The molecule has 26 heavy (non-hydrogen) atoms. The van der Waals surface area contributed by atoms with Crippen LogP contribution in [0.5, 0.6) is 0 Å². The Morgan fingerprint density at radius 2 is 1.85 bits per heavy atom. The standard InChI is InChI=1S/C21H25N5/c1-25(21-19-7-8-22-20(19)23-14-24-21)18-9-16-12-26(13-17(16)10-18)11-15-5-3-2-4-6-15/h2-8,14,16-18H,9-13H2,1H3,(H,22,23,24)/t16-,17?,18?/m0/s1. The summed E-state index contributed by atoms with van der Waals surface area (Å²) < 4.78 is 0. The molecule has 134 valence electrons. The van der Waals surface area contributed by atoms with E-state index in [1.165, 1.54) is 31.5 Å². The van der Waals surface area contributed by atoms with Crippen LogP contribution >= 0.6 is 0 Å². The van der Waals surface area contributed by atoms with Crippen molar-refractivity contribution in [3.63, 3.8) is 0 Å². The number of H-pyrrole nitrogens is 1. The Morgan fingerprint density at radius 3 is 2.62 bits per heavy atom. The van der Waals surface area contributed by atoms with E-state index in [1.807, 2.05) is 6.20 Å². The summed E-state index contributed by atoms with van der Waals surface area (Å²) in [5.41, 5.74) is 2.35. The van der Waals surface area contributed by atoms with Crippen LogP contribution in [-0.2, 0) is 6.54 Å². The molecule has 5 rings (SSSR count). The van der Waals surface area contributed by atoms with Crippen molar-refractivity contribution >= 4 is 16.9 Å². The number of fused-ring (bicyclic) bond motifs is 2. The molecule has 3 aromatic rings. The van der Waals surface area contributed by atoms with Crippen molar-refractivity contribution in [3.05, 3.63) is 54.5 Å². The summed E-state index contributed by atoms with van der Waals surface area (Å²) in [5, 5.41) is 1.12. The van der Waals surface area contributed by atoms with Crippen LogP contribution in [0.4, 0.5) is 5.82 Å². The minimum atomic E-state index is 0.580. The van der Waals surface area contributed by atoms with E-state index in [0.29, 0.717) is 6.04 Å². The van der Waals surface area contributed by atoms with Crippen LogP contribution in [0, 0.1) is 11.8 Å². The highest BCUT2D eigenvalue weighted by Crippen LogP contribution is 2.41.